The van der Waals surface area contributed by atoms with Crippen LogP contribution in [0.3, 0.4) is 0 Å². The van der Waals surface area contributed by atoms with Crippen molar-refractivity contribution in [3.05, 3.63) is 39.8 Å². The van der Waals surface area contributed by atoms with Crippen molar-refractivity contribution in [2.75, 3.05) is 10.6 Å². The van der Waals surface area contributed by atoms with E-state index in [1.165, 1.54) is 4.88 Å². The highest BCUT2D eigenvalue weighted by Gasteiger charge is 2.16. The third-order valence-electron chi connectivity index (χ3n) is 2.98. The molecule has 1 amide bonds. The summed E-state index contributed by atoms with van der Waals surface area (Å²) in [5.41, 5.74) is 2.26. The number of aryl methyl sites for hydroxylation is 2. The summed E-state index contributed by atoms with van der Waals surface area (Å²) in [5.74, 6) is 0. The Labute approximate surface area is 141 Å². The fourth-order valence-corrected chi connectivity index (χ4v) is 2.89. The van der Waals surface area contributed by atoms with Gasteiger partial charge in [-0.05, 0) is 58.9 Å². The summed E-state index contributed by atoms with van der Waals surface area (Å²) in [6.07, 6.45) is -0.450. The van der Waals surface area contributed by atoms with E-state index in [4.69, 9.17) is 4.74 Å². The normalized spacial score (nSPS) is 11.2. The third kappa shape index (κ3) is 5.56. The van der Waals surface area contributed by atoms with Crippen LogP contribution in [-0.4, -0.2) is 16.7 Å². The SMILES string of the molecule is Cc1nc(C)c(CNc2ccc(NC(=O)OC(C)(C)C)cc2)s1. The van der Waals surface area contributed by atoms with Crippen molar-refractivity contribution < 1.29 is 9.53 Å². The van der Waals surface area contributed by atoms with Crippen LogP contribution in [0.1, 0.15) is 36.3 Å². The van der Waals surface area contributed by atoms with Crippen molar-refractivity contribution in [2.45, 2.75) is 46.8 Å². The molecule has 1 heterocycles. The Hall–Kier alpha value is -2.08. The minimum atomic E-state index is -0.504. The van der Waals surface area contributed by atoms with Crippen molar-refractivity contribution in [1.82, 2.24) is 4.98 Å². The Morgan fingerprint density at radius 1 is 1.17 bits per heavy atom. The Balaban J connectivity index is 1.89. The van der Waals surface area contributed by atoms with Crippen LogP contribution in [0, 0.1) is 13.8 Å². The molecule has 0 radical (unpaired) electrons. The number of amides is 1. The van der Waals surface area contributed by atoms with Crippen LogP contribution < -0.4 is 10.6 Å². The zero-order valence-corrected chi connectivity index (χ0v) is 15.0. The van der Waals surface area contributed by atoms with Gasteiger partial charge in [0.1, 0.15) is 5.60 Å². The Bertz CT molecular complexity index is 672. The second-order valence-electron chi connectivity index (χ2n) is 6.30. The topological polar surface area (TPSA) is 63.2 Å². The molecule has 23 heavy (non-hydrogen) atoms. The van der Waals surface area contributed by atoms with Gasteiger partial charge in [-0.1, -0.05) is 0 Å². The van der Waals surface area contributed by atoms with Gasteiger partial charge in [-0.15, -0.1) is 11.3 Å². The molecule has 6 heteroatoms. The zero-order chi connectivity index (χ0) is 17.0. The molecule has 0 saturated carbocycles. The van der Waals surface area contributed by atoms with E-state index in [-0.39, 0.29) is 0 Å². The van der Waals surface area contributed by atoms with Crippen LogP contribution in [0.4, 0.5) is 16.2 Å². The summed E-state index contributed by atoms with van der Waals surface area (Å²) < 4.78 is 5.22. The standard InChI is InChI=1S/C17H23N3O2S/c1-11-15(23-12(2)19-11)10-18-13-6-8-14(9-7-13)20-16(21)22-17(3,4)5/h6-9,18H,10H2,1-5H3,(H,20,21). The van der Waals surface area contributed by atoms with E-state index in [1.54, 1.807) is 11.3 Å². The molecule has 0 spiro atoms. The summed E-state index contributed by atoms with van der Waals surface area (Å²) >= 11 is 1.70. The number of benzene rings is 1. The molecular formula is C17H23N3O2S. The van der Waals surface area contributed by atoms with Gasteiger partial charge in [0.15, 0.2) is 0 Å². The van der Waals surface area contributed by atoms with E-state index in [0.29, 0.717) is 5.69 Å². The average molecular weight is 333 g/mol. The number of carbonyl (C=O) groups excluding carboxylic acids is 1. The number of aromatic nitrogens is 1. The van der Waals surface area contributed by atoms with Gasteiger partial charge in [-0.2, -0.15) is 0 Å². The Morgan fingerprint density at radius 3 is 2.30 bits per heavy atom. The predicted molar refractivity (Wildman–Crippen MR) is 95.2 cm³/mol. The number of rotatable bonds is 4. The molecule has 124 valence electrons. The van der Waals surface area contributed by atoms with Gasteiger partial charge in [-0.3, -0.25) is 5.32 Å². The number of carbonyl (C=O) groups is 1. The predicted octanol–water partition coefficient (Wildman–Crippen LogP) is 4.72. The molecule has 1 aromatic carbocycles. The minimum Gasteiger partial charge on any atom is -0.444 e. The van der Waals surface area contributed by atoms with E-state index >= 15 is 0 Å². The molecule has 0 saturated heterocycles. The summed E-state index contributed by atoms with van der Waals surface area (Å²) in [4.78, 5) is 17.4. The van der Waals surface area contributed by atoms with Crippen molar-refractivity contribution in [3.63, 3.8) is 0 Å². The van der Waals surface area contributed by atoms with Gasteiger partial charge in [-0.25, -0.2) is 9.78 Å². The number of anilines is 2. The van der Waals surface area contributed by atoms with Gasteiger partial charge >= 0.3 is 6.09 Å². The van der Waals surface area contributed by atoms with E-state index in [1.807, 2.05) is 58.9 Å². The van der Waals surface area contributed by atoms with E-state index in [9.17, 15) is 4.79 Å². The lowest BCUT2D eigenvalue weighted by atomic mass is 10.2. The van der Waals surface area contributed by atoms with Crippen LogP contribution >= 0.6 is 11.3 Å². The van der Waals surface area contributed by atoms with Crippen molar-refractivity contribution in [3.8, 4) is 0 Å². The van der Waals surface area contributed by atoms with Crippen LogP contribution in [-0.2, 0) is 11.3 Å². The Morgan fingerprint density at radius 2 is 1.78 bits per heavy atom. The van der Waals surface area contributed by atoms with Crippen LogP contribution in [0.15, 0.2) is 24.3 Å². The molecule has 2 N–H and O–H groups in total. The zero-order valence-electron chi connectivity index (χ0n) is 14.2. The third-order valence-corrected chi connectivity index (χ3v) is 4.06. The molecular weight excluding hydrogens is 310 g/mol. The first-order valence-corrected chi connectivity index (χ1v) is 8.31. The van der Waals surface area contributed by atoms with Crippen LogP contribution in [0.2, 0.25) is 0 Å². The molecule has 0 atom stereocenters. The molecule has 0 bridgehead atoms. The maximum Gasteiger partial charge on any atom is 0.412 e. The lowest BCUT2D eigenvalue weighted by Gasteiger charge is -2.19. The highest BCUT2D eigenvalue weighted by Crippen LogP contribution is 2.20. The summed E-state index contributed by atoms with van der Waals surface area (Å²) in [6, 6.07) is 7.54. The number of ether oxygens (including phenoxy) is 1. The molecule has 0 aliphatic rings. The maximum atomic E-state index is 11.7. The van der Waals surface area contributed by atoms with E-state index in [2.05, 4.69) is 15.6 Å². The largest absolute Gasteiger partial charge is 0.444 e. The highest BCUT2D eigenvalue weighted by atomic mass is 32.1. The summed E-state index contributed by atoms with van der Waals surface area (Å²) in [7, 11) is 0. The first kappa shape index (κ1) is 17.3. The number of nitrogens with zero attached hydrogens (tertiary/aromatic N) is 1. The van der Waals surface area contributed by atoms with Crippen LogP contribution in [0.5, 0.6) is 0 Å². The first-order valence-electron chi connectivity index (χ1n) is 7.50. The van der Waals surface area contributed by atoms with Crippen molar-refractivity contribution in [1.29, 1.82) is 0 Å². The monoisotopic (exact) mass is 333 g/mol. The Kier molecular flexibility index (Phi) is 5.26. The van der Waals surface area contributed by atoms with Crippen molar-refractivity contribution >= 4 is 28.8 Å². The van der Waals surface area contributed by atoms with E-state index < -0.39 is 11.7 Å². The maximum absolute atomic E-state index is 11.7. The molecule has 2 rings (SSSR count). The number of thiazole rings is 1. The molecule has 2 aromatic rings. The van der Waals surface area contributed by atoms with E-state index in [0.717, 1.165) is 22.9 Å². The highest BCUT2D eigenvalue weighted by molar-refractivity contribution is 7.11. The van der Waals surface area contributed by atoms with Gasteiger partial charge in [0.05, 0.1) is 17.2 Å². The fourth-order valence-electron chi connectivity index (χ4n) is 2.01. The second kappa shape index (κ2) is 7.00. The van der Waals surface area contributed by atoms with Gasteiger partial charge < -0.3 is 10.1 Å². The first-order chi connectivity index (χ1) is 10.7. The molecule has 0 aliphatic heterocycles. The lowest BCUT2D eigenvalue weighted by molar-refractivity contribution is 0.0636. The molecule has 1 aromatic heterocycles. The fraction of sp³-hybridized carbons (Fsp3) is 0.412. The molecule has 0 unspecified atom stereocenters. The number of hydrogen-bond donors (Lipinski definition) is 2. The second-order valence-corrected chi connectivity index (χ2v) is 7.59. The average Bonchev–Trinajstić information content (AvgIpc) is 2.74. The van der Waals surface area contributed by atoms with Gasteiger partial charge in [0, 0.05) is 16.3 Å². The van der Waals surface area contributed by atoms with Crippen LogP contribution in [0.25, 0.3) is 0 Å². The molecule has 0 aliphatic carbocycles. The summed E-state index contributed by atoms with van der Waals surface area (Å²) in [5, 5.41) is 7.16. The number of hydrogen-bond acceptors (Lipinski definition) is 5. The minimum absolute atomic E-state index is 0.450. The van der Waals surface area contributed by atoms with Crippen molar-refractivity contribution in [2.24, 2.45) is 0 Å². The quantitative estimate of drug-likeness (QED) is 0.850. The van der Waals surface area contributed by atoms with Gasteiger partial charge in [0.2, 0.25) is 0 Å². The molecule has 0 fully saturated rings. The summed E-state index contributed by atoms with van der Waals surface area (Å²) in [6.45, 7) is 10.3. The van der Waals surface area contributed by atoms with Gasteiger partial charge in [0.25, 0.3) is 0 Å². The smallest absolute Gasteiger partial charge is 0.412 e. The lowest BCUT2D eigenvalue weighted by Crippen LogP contribution is -2.27. The molecule has 5 nitrogen and oxygen atoms in total. The number of nitrogens with one attached hydrogen (secondary N) is 2.